The monoisotopic (exact) mass is 372 g/mol. The number of anilines is 1. The largest absolute Gasteiger partial charge is 0.296 e. The molecule has 3 rings (SSSR count). The van der Waals surface area contributed by atoms with Gasteiger partial charge in [-0.15, -0.1) is 0 Å². The van der Waals surface area contributed by atoms with E-state index in [0.717, 1.165) is 17.3 Å². The van der Waals surface area contributed by atoms with Gasteiger partial charge in [0.2, 0.25) is 11.9 Å². The first-order chi connectivity index (χ1) is 12.5. The van der Waals surface area contributed by atoms with Gasteiger partial charge in [-0.25, -0.2) is 18.7 Å². The van der Waals surface area contributed by atoms with Crippen LogP contribution < -0.4 is 5.32 Å². The number of imidazole rings is 1. The highest BCUT2D eigenvalue weighted by molar-refractivity contribution is 5.92. The van der Waals surface area contributed by atoms with Gasteiger partial charge < -0.3 is 0 Å². The Bertz CT molecular complexity index is 1010. The number of rotatable bonds is 3. The van der Waals surface area contributed by atoms with Gasteiger partial charge in [-0.05, 0) is 43.0 Å². The van der Waals surface area contributed by atoms with E-state index in [1.165, 1.54) is 16.7 Å². The molecule has 0 spiro atoms. The van der Waals surface area contributed by atoms with Gasteiger partial charge in [-0.1, -0.05) is 20.8 Å². The number of nitrogens with zero attached hydrogens (tertiary/aromatic N) is 3. The number of hydrogen-bond donors (Lipinski definition) is 1. The van der Waals surface area contributed by atoms with Gasteiger partial charge in [-0.2, -0.15) is 0 Å². The van der Waals surface area contributed by atoms with Gasteiger partial charge in [0.1, 0.15) is 17.2 Å². The molecule has 142 valence electrons. The minimum Gasteiger partial charge on any atom is -0.296 e. The van der Waals surface area contributed by atoms with Crippen LogP contribution in [0.4, 0.5) is 14.7 Å². The molecule has 0 atom stereocenters. The van der Waals surface area contributed by atoms with Gasteiger partial charge in [-0.3, -0.25) is 14.7 Å². The number of pyridine rings is 1. The van der Waals surface area contributed by atoms with Crippen molar-refractivity contribution in [2.45, 2.75) is 41.0 Å². The van der Waals surface area contributed by atoms with Crippen LogP contribution >= 0.6 is 0 Å². The van der Waals surface area contributed by atoms with Crippen molar-refractivity contribution in [2.75, 3.05) is 5.32 Å². The average Bonchev–Trinajstić information content (AvgIpc) is 2.81. The van der Waals surface area contributed by atoms with E-state index < -0.39 is 11.6 Å². The average molecular weight is 372 g/mol. The molecule has 3 aromatic rings. The van der Waals surface area contributed by atoms with E-state index >= 15 is 0 Å². The van der Waals surface area contributed by atoms with Crippen LogP contribution in [0.25, 0.3) is 16.9 Å². The molecule has 0 aliphatic heterocycles. The second kappa shape index (κ2) is 6.72. The lowest BCUT2D eigenvalue weighted by Gasteiger charge is -2.17. The molecule has 0 aliphatic rings. The Morgan fingerprint density at radius 3 is 2.30 bits per heavy atom. The molecule has 0 saturated heterocycles. The highest BCUT2D eigenvalue weighted by Crippen LogP contribution is 2.27. The summed E-state index contributed by atoms with van der Waals surface area (Å²) in [4.78, 5) is 21.4. The summed E-state index contributed by atoms with van der Waals surface area (Å²) in [6.07, 6.45) is 0.277. The van der Waals surface area contributed by atoms with Gasteiger partial charge in [0.25, 0.3) is 0 Å². The van der Waals surface area contributed by atoms with Crippen molar-refractivity contribution in [3.63, 3.8) is 0 Å². The molecular weight excluding hydrogens is 350 g/mol. The smallest absolute Gasteiger partial charge is 0.227 e. The Morgan fingerprint density at radius 1 is 1.07 bits per heavy atom. The van der Waals surface area contributed by atoms with E-state index in [0.29, 0.717) is 11.2 Å². The van der Waals surface area contributed by atoms with Crippen LogP contribution in [0.1, 0.15) is 38.4 Å². The third-order valence-electron chi connectivity index (χ3n) is 4.12. The van der Waals surface area contributed by atoms with Crippen LogP contribution in [0, 0.1) is 30.9 Å². The maximum absolute atomic E-state index is 13.8. The number of hydrogen-bond acceptors (Lipinski definition) is 3. The van der Waals surface area contributed by atoms with E-state index in [4.69, 9.17) is 0 Å². The lowest BCUT2D eigenvalue weighted by atomic mass is 9.92. The van der Waals surface area contributed by atoms with Crippen molar-refractivity contribution in [3.8, 4) is 5.69 Å². The van der Waals surface area contributed by atoms with Crippen LogP contribution in [0.2, 0.25) is 0 Å². The summed E-state index contributed by atoms with van der Waals surface area (Å²) < 4.78 is 29.1. The first-order valence-electron chi connectivity index (χ1n) is 8.66. The van der Waals surface area contributed by atoms with Gasteiger partial charge in [0, 0.05) is 18.2 Å². The number of benzene rings is 1. The molecule has 1 amide bonds. The minimum absolute atomic E-state index is 0.182. The number of amides is 1. The zero-order valence-corrected chi connectivity index (χ0v) is 16.0. The molecule has 0 aliphatic carbocycles. The van der Waals surface area contributed by atoms with Gasteiger partial charge in [0.05, 0.1) is 5.69 Å². The van der Waals surface area contributed by atoms with Crippen molar-refractivity contribution in [1.29, 1.82) is 0 Å². The van der Waals surface area contributed by atoms with E-state index in [9.17, 15) is 13.6 Å². The highest BCUT2D eigenvalue weighted by atomic mass is 19.1. The topological polar surface area (TPSA) is 59.8 Å². The summed E-state index contributed by atoms with van der Waals surface area (Å²) in [6, 6.07) is 4.99. The van der Waals surface area contributed by atoms with E-state index in [1.807, 2.05) is 40.7 Å². The summed E-state index contributed by atoms with van der Waals surface area (Å²) in [5.41, 5.74) is 2.66. The Labute approximate surface area is 156 Å². The normalized spacial score (nSPS) is 11.8. The van der Waals surface area contributed by atoms with E-state index in [1.54, 1.807) is 0 Å². The molecule has 7 heteroatoms. The molecule has 2 aromatic heterocycles. The van der Waals surface area contributed by atoms with Crippen LogP contribution in [0.5, 0.6) is 0 Å². The third-order valence-corrected chi connectivity index (χ3v) is 4.12. The van der Waals surface area contributed by atoms with Gasteiger partial charge >= 0.3 is 0 Å². The zero-order chi connectivity index (χ0) is 19.9. The Morgan fingerprint density at radius 2 is 1.70 bits per heavy atom. The maximum atomic E-state index is 13.8. The zero-order valence-electron chi connectivity index (χ0n) is 16.0. The third kappa shape index (κ3) is 4.13. The first kappa shape index (κ1) is 18.9. The number of aromatic nitrogens is 3. The summed E-state index contributed by atoms with van der Waals surface area (Å²) in [7, 11) is 0. The molecule has 0 radical (unpaired) electrons. The number of halogens is 2. The lowest BCUT2D eigenvalue weighted by Crippen LogP contribution is -2.21. The summed E-state index contributed by atoms with van der Waals surface area (Å²) >= 11 is 0. The second-order valence-electron chi connectivity index (χ2n) is 7.92. The molecule has 0 unspecified atom stereocenters. The Kier molecular flexibility index (Phi) is 4.71. The molecule has 27 heavy (non-hydrogen) atoms. The summed E-state index contributed by atoms with van der Waals surface area (Å²) in [5.74, 6) is -1.49. The molecule has 0 saturated carbocycles. The van der Waals surface area contributed by atoms with Crippen molar-refractivity contribution in [2.24, 2.45) is 5.41 Å². The van der Waals surface area contributed by atoms with Crippen LogP contribution in [-0.4, -0.2) is 20.4 Å². The molecular formula is C20H22F2N4O. The molecule has 2 heterocycles. The SMILES string of the molecule is Cc1cc2nc(NC(=O)CC(C)(C)C)n(-c3cc(F)cc(F)c3)c2nc1C. The van der Waals surface area contributed by atoms with Crippen molar-refractivity contribution < 1.29 is 13.6 Å². The van der Waals surface area contributed by atoms with Gasteiger partial charge in [0.15, 0.2) is 5.65 Å². The predicted molar refractivity (Wildman–Crippen MR) is 101 cm³/mol. The number of aryl methyl sites for hydroxylation is 2. The van der Waals surface area contributed by atoms with Crippen LogP contribution in [0.15, 0.2) is 24.3 Å². The second-order valence-corrected chi connectivity index (χ2v) is 7.92. The maximum Gasteiger partial charge on any atom is 0.227 e. The molecule has 0 fully saturated rings. The fourth-order valence-electron chi connectivity index (χ4n) is 2.84. The van der Waals surface area contributed by atoms with Crippen LogP contribution in [0.3, 0.4) is 0 Å². The van der Waals surface area contributed by atoms with E-state index in [-0.39, 0.29) is 29.4 Å². The molecule has 0 bridgehead atoms. The highest BCUT2D eigenvalue weighted by Gasteiger charge is 2.21. The number of carbonyl (C=O) groups is 1. The molecule has 1 aromatic carbocycles. The molecule has 1 N–H and O–H groups in total. The predicted octanol–water partition coefficient (Wildman–Crippen LogP) is 4.69. The van der Waals surface area contributed by atoms with E-state index in [2.05, 4.69) is 15.3 Å². The summed E-state index contributed by atoms with van der Waals surface area (Å²) in [5, 5.41) is 2.76. The van der Waals surface area contributed by atoms with Crippen molar-refractivity contribution >= 4 is 23.0 Å². The Hall–Kier alpha value is -2.83. The fraction of sp³-hybridized carbons (Fsp3) is 0.350. The number of fused-ring (bicyclic) bond motifs is 1. The van der Waals surface area contributed by atoms with Crippen molar-refractivity contribution in [1.82, 2.24) is 14.5 Å². The molecule has 5 nitrogen and oxygen atoms in total. The standard InChI is InChI=1S/C20H22F2N4O/c1-11-6-16-18(23-12(11)2)26(15-8-13(21)7-14(22)9-15)19(24-16)25-17(27)10-20(3,4)5/h6-9H,10H2,1-5H3,(H,24,25,27). The van der Waals surface area contributed by atoms with Crippen LogP contribution in [-0.2, 0) is 4.79 Å². The minimum atomic E-state index is -0.720. The number of carbonyl (C=O) groups excluding carboxylic acids is 1. The number of nitrogens with one attached hydrogen (secondary N) is 1. The quantitative estimate of drug-likeness (QED) is 0.726. The fourth-order valence-corrected chi connectivity index (χ4v) is 2.84. The van der Waals surface area contributed by atoms with Crippen molar-refractivity contribution in [3.05, 3.63) is 47.2 Å². The Balaban J connectivity index is 2.18. The summed E-state index contributed by atoms with van der Waals surface area (Å²) in [6.45, 7) is 9.60. The lowest BCUT2D eigenvalue weighted by molar-refractivity contribution is -0.117. The first-order valence-corrected chi connectivity index (χ1v) is 8.66.